The average Bonchev–Trinajstić information content (AvgIpc) is 3.10. The van der Waals surface area contributed by atoms with Crippen LogP contribution >= 0.6 is 0 Å². The molecule has 1 aliphatic rings. The second-order valence-corrected chi connectivity index (χ2v) is 7.45. The molecule has 0 atom stereocenters. The fourth-order valence-electron chi connectivity index (χ4n) is 3.92. The van der Waals surface area contributed by atoms with Gasteiger partial charge in [0.25, 0.3) is 0 Å². The molecule has 0 saturated carbocycles. The molecular weight excluding hydrogens is 376 g/mol. The lowest BCUT2D eigenvalue weighted by molar-refractivity contribution is 0.122. The molecule has 0 unspecified atom stereocenters. The van der Waals surface area contributed by atoms with Crippen molar-refractivity contribution < 1.29 is 4.74 Å². The number of ether oxygens (including phenoxy) is 1. The fraction of sp³-hybridized carbons (Fsp3) is 0.217. The minimum atomic E-state index is 0.559. The third kappa shape index (κ3) is 3.55. The van der Waals surface area contributed by atoms with Crippen LogP contribution < -0.4 is 16.0 Å². The van der Waals surface area contributed by atoms with E-state index in [1.165, 1.54) is 5.69 Å². The van der Waals surface area contributed by atoms with Crippen LogP contribution in [0.2, 0.25) is 0 Å². The molecule has 4 aromatic rings. The van der Waals surface area contributed by atoms with Crippen molar-refractivity contribution in [2.24, 2.45) is 0 Å². The summed E-state index contributed by atoms with van der Waals surface area (Å²) in [5.74, 6) is 1.37. The summed E-state index contributed by atoms with van der Waals surface area (Å²) < 4.78 is 7.54. The lowest BCUT2D eigenvalue weighted by Gasteiger charge is -2.28. The molecule has 3 heterocycles. The molecule has 1 aliphatic heterocycles. The number of rotatable bonds is 4. The zero-order valence-electron chi connectivity index (χ0n) is 16.9. The van der Waals surface area contributed by atoms with E-state index in [4.69, 9.17) is 15.5 Å². The third-order valence-electron chi connectivity index (χ3n) is 5.38. The summed E-state index contributed by atoms with van der Waals surface area (Å²) >= 11 is 0. The van der Waals surface area contributed by atoms with Crippen LogP contribution in [0.3, 0.4) is 0 Å². The normalized spacial score (nSPS) is 14.2. The maximum atomic E-state index is 5.94. The molecule has 0 amide bonds. The number of morpholine rings is 1. The second kappa shape index (κ2) is 7.68. The summed E-state index contributed by atoms with van der Waals surface area (Å²) in [6.07, 6.45) is 1.77. The molecule has 0 bridgehead atoms. The molecule has 7 heteroatoms. The van der Waals surface area contributed by atoms with E-state index >= 15 is 0 Å². The highest BCUT2D eigenvalue weighted by Crippen LogP contribution is 2.26. The van der Waals surface area contributed by atoms with E-state index in [9.17, 15) is 0 Å². The Morgan fingerprint density at radius 3 is 2.60 bits per heavy atom. The summed E-state index contributed by atoms with van der Waals surface area (Å²) in [4.78, 5) is 11.5. The Morgan fingerprint density at radius 1 is 1.00 bits per heavy atom. The quantitative estimate of drug-likeness (QED) is 0.506. The topological polar surface area (TPSA) is 81.2 Å². The monoisotopic (exact) mass is 400 g/mol. The molecule has 3 N–H and O–H groups in total. The van der Waals surface area contributed by atoms with Crippen LogP contribution in [0.15, 0.2) is 60.8 Å². The molecule has 0 radical (unpaired) electrons. The highest BCUT2D eigenvalue weighted by atomic mass is 16.5. The Hall–Kier alpha value is -3.58. The number of aromatic nitrogens is 3. The van der Waals surface area contributed by atoms with Gasteiger partial charge in [-0.15, -0.1) is 0 Å². The van der Waals surface area contributed by atoms with E-state index < -0.39 is 0 Å². The molecule has 1 saturated heterocycles. The Balaban J connectivity index is 1.40. The molecule has 1 fully saturated rings. The van der Waals surface area contributed by atoms with Gasteiger partial charge in [0, 0.05) is 47.4 Å². The smallest absolute Gasteiger partial charge is 0.229 e. The van der Waals surface area contributed by atoms with Gasteiger partial charge < -0.3 is 20.7 Å². The predicted octanol–water partition coefficient (Wildman–Crippen LogP) is 3.89. The summed E-state index contributed by atoms with van der Waals surface area (Å²) in [6.45, 7) is 5.47. The van der Waals surface area contributed by atoms with Crippen molar-refractivity contribution in [3.8, 4) is 5.82 Å². The number of anilines is 4. The van der Waals surface area contributed by atoms with Crippen LogP contribution in [-0.4, -0.2) is 40.8 Å². The number of benzene rings is 2. The number of hydrogen-bond acceptors (Lipinski definition) is 6. The van der Waals surface area contributed by atoms with Crippen molar-refractivity contribution in [3.05, 3.63) is 66.5 Å². The van der Waals surface area contributed by atoms with Crippen molar-refractivity contribution in [3.63, 3.8) is 0 Å². The molecular formula is C23H24N6O. The van der Waals surface area contributed by atoms with Crippen LogP contribution in [0.4, 0.5) is 23.0 Å². The van der Waals surface area contributed by atoms with Crippen LogP contribution in [0.25, 0.3) is 16.7 Å². The highest BCUT2D eigenvalue weighted by molar-refractivity contribution is 5.85. The predicted molar refractivity (Wildman–Crippen MR) is 121 cm³/mol. The lowest BCUT2D eigenvalue weighted by Crippen LogP contribution is -2.36. The Labute approximate surface area is 175 Å². The van der Waals surface area contributed by atoms with Gasteiger partial charge >= 0.3 is 0 Å². The summed E-state index contributed by atoms with van der Waals surface area (Å²) in [6, 6.07) is 18.3. The second-order valence-electron chi connectivity index (χ2n) is 7.45. The third-order valence-corrected chi connectivity index (χ3v) is 5.38. The molecule has 2 aromatic heterocycles. The molecule has 2 aromatic carbocycles. The zero-order valence-corrected chi connectivity index (χ0v) is 16.9. The van der Waals surface area contributed by atoms with Gasteiger partial charge in [-0.05, 0) is 61.5 Å². The van der Waals surface area contributed by atoms with Crippen LogP contribution in [0, 0.1) is 6.92 Å². The number of nitrogens with two attached hydrogens (primary N) is 1. The molecule has 152 valence electrons. The Morgan fingerprint density at radius 2 is 1.80 bits per heavy atom. The molecule has 0 aliphatic carbocycles. The number of aryl methyl sites for hydroxylation is 1. The first-order valence-corrected chi connectivity index (χ1v) is 10.1. The van der Waals surface area contributed by atoms with Gasteiger partial charge in [-0.1, -0.05) is 0 Å². The van der Waals surface area contributed by atoms with Gasteiger partial charge in [0.05, 0.1) is 18.7 Å². The van der Waals surface area contributed by atoms with Gasteiger partial charge in [0.2, 0.25) is 5.95 Å². The van der Waals surface area contributed by atoms with Crippen LogP contribution in [0.5, 0.6) is 0 Å². The Kier molecular flexibility index (Phi) is 4.72. The molecule has 30 heavy (non-hydrogen) atoms. The van der Waals surface area contributed by atoms with Crippen LogP contribution in [0.1, 0.15) is 5.69 Å². The van der Waals surface area contributed by atoms with E-state index in [-0.39, 0.29) is 0 Å². The molecule has 0 spiro atoms. The number of nitrogens with zero attached hydrogens (tertiary/aromatic N) is 4. The average molecular weight is 400 g/mol. The minimum absolute atomic E-state index is 0.559. The van der Waals surface area contributed by atoms with Crippen molar-refractivity contribution in [2.45, 2.75) is 6.92 Å². The largest absolute Gasteiger partial charge is 0.399 e. The number of hydrogen-bond donors (Lipinski definition) is 2. The summed E-state index contributed by atoms with van der Waals surface area (Å²) in [5.41, 5.74) is 11.0. The maximum absolute atomic E-state index is 5.94. The first kappa shape index (κ1) is 18.4. The van der Waals surface area contributed by atoms with Gasteiger partial charge in [-0.3, -0.25) is 4.57 Å². The summed E-state index contributed by atoms with van der Waals surface area (Å²) in [7, 11) is 0. The Bertz CT molecular complexity index is 1180. The molecule has 5 rings (SSSR count). The fourth-order valence-corrected chi connectivity index (χ4v) is 3.92. The van der Waals surface area contributed by atoms with Crippen molar-refractivity contribution in [1.82, 2.24) is 14.5 Å². The van der Waals surface area contributed by atoms with Crippen molar-refractivity contribution in [2.75, 3.05) is 42.3 Å². The van der Waals surface area contributed by atoms with Crippen molar-refractivity contribution >= 4 is 33.9 Å². The van der Waals surface area contributed by atoms with E-state index in [0.717, 1.165) is 60.1 Å². The standard InChI is InChI=1S/C23H24N6O/c1-16-14-17-15-18(24)2-7-21(17)29(16)22-8-9-25-23(27-22)26-19-3-5-20(6-4-19)28-10-12-30-13-11-28/h2-9,14-15H,10-13,24H2,1H3,(H,25,26,27). The highest BCUT2D eigenvalue weighted by Gasteiger charge is 2.12. The first-order chi connectivity index (χ1) is 14.7. The minimum Gasteiger partial charge on any atom is -0.399 e. The van der Waals surface area contributed by atoms with E-state index in [2.05, 4.69) is 57.0 Å². The van der Waals surface area contributed by atoms with Gasteiger partial charge in [-0.25, -0.2) is 4.98 Å². The SMILES string of the molecule is Cc1cc2cc(N)ccc2n1-c1ccnc(Nc2ccc(N3CCOCC3)cc2)n1. The van der Waals surface area contributed by atoms with E-state index in [1.807, 2.05) is 24.3 Å². The summed E-state index contributed by atoms with van der Waals surface area (Å²) in [5, 5.41) is 4.41. The maximum Gasteiger partial charge on any atom is 0.229 e. The lowest BCUT2D eigenvalue weighted by atomic mass is 10.2. The van der Waals surface area contributed by atoms with Crippen LogP contribution in [-0.2, 0) is 4.74 Å². The van der Waals surface area contributed by atoms with E-state index in [0.29, 0.717) is 5.95 Å². The number of nitrogen functional groups attached to an aromatic ring is 1. The number of nitrogens with one attached hydrogen (secondary N) is 1. The van der Waals surface area contributed by atoms with Gasteiger partial charge in [-0.2, -0.15) is 4.98 Å². The zero-order chi connectivity index (χ0) is 20.5. The first-order valence-electron chi connectivity index (χ1n) is 10.1. The van der Waals surface area contributed by atoms with Crippen molar-refractivity contribution in [1.29, 1.82) is 0 Å². The van der Waals surface area contributed by atoms with E-state index in [1.54, 1.807) is 6.20 Å². The van der Waals surface area contributed by atoms with Gasteiger partial charge in [0.15, 0.2) is 0 Å². The number of fused-ring (bicyclic) bond motifs is 1. The molecule has 7 nitrogen and oxygen atoms in total. The van der Waals surface area contributed by atoms with Gasteiger partial charge in [0.1, 0.15) is 5.82 Å².